The second kappa shape index (κ2) is 11.1. The molecule has 2 aliphatic rings. The molecule has 0 unspecified atom stereocenters. The van der Waals surface area contributed by atoms with E-state index < -0.39 is 5.60 Å². The molecule has 5 rings (SSSR count). The Morgan fingerprint density at radius 3 is 2.69 bits per heavy atom. The van der Waals surface area contributed by atoms with Gasteiger partial charge in [0.15, 0.2) is 0 Å². The molecule has 212 valence electrons. The summed E-state index contributed by atoms with van der Waals surface area (Å²) in [5.74, 6) is 0.858. The lowest BCUT2D eigenvalue weighted by molar-refractivity contribution is 0.0288. The third kappa shape index (κ3) is 6.19. The molecule has 4 heterocycles. The Bertz CT molecular complexity index is 1290. The first-order chi connectivity index (χ1) is 18.6. The van der Waals surface area contributed by atoms with Gasteiger partial charge in [-0.1, -0.05) is 0 Å². The lowest BCUT2D eigenvalue weighted by atomic mass is 9.85. The van der Waals surface area contributed by atoms with Crippen molar-refractivity contribution < 1.29 is 19.4 Å². The summed E-state index contributed by atoms with van der Waals surface area (Å²) in [6.07, 6.45) is 9.55. The molecule has 1 aliphatic carbocycles. The fourth-order valence-electron chi connectivity index (χ4n) is 5.61. The second-order valence-corrected chi connectivity index (χ2v) is 11.9. The van der Waals surface area contributed by atoms with Gasteiger partial charge in [-0.05, 0) is 65.9 Å². The molecule has 0 bridgehead atoms. The van der Waals surface area contributed by atoms with Crippen molar-refractivity contribution in [3.05, 3.63) is 30.4 Å². The Balaban J connectivity index is 1.41. The number of amides is 1. The zero-order valence-corrected chi connectivity index (χ0v) is 23.6. The summed E-state index contributed by atoms with van der Waals surface area (Å²) in [5, 5.41) is 23.0. The van der Waals surface area contributed by atoms with E-state index in [1.54, 1.807) is 12.0 Å². The minimum atomic E-state index is -0.516. The molecule has 0 spiro atoms. The molecule has 0 aromatic carbocycles. The van der Waals surface area contributed by atoms with Gasteiger partial charge in [-0.2, -0.15) is 5.10 Å². The van der Waals surface area contributed by atoms with E-state index in [-0.39, 0.29) is 24.3 Å². The van der Waals surface area contributed by atoms with Crippen LogP contribution in [0.15, 0.2) is 24.7 Å². The topological polar surface area (TPSA) is 119 Å². The normalized spacial score (nSPS) is 22.8. The lowest BCUT2D eigenvalue weighted by Gasteiger charge is -2.25. The summed E-state index contributed by atoms with van der Waals surface area (Å²) >= 11 is 0. The number of nitrogens with one attached hydrogen (secondary N) is 1. The van der Waals surface area contributed by atoms with E-state index in [0.29, 0.717) is 31.6 Å². The summed E-state index contributed by atoms with van der Waals surface area (Å²) in [6.45, 7) is 9.44. The van der Waals surface area contributed by atoms with Crippen LogP contribution in [-0.4, -0.2) is 85.0 Å². The van der Waals surface area contributed by atoms with Crippen LogP contribution in [-0.2, 0) is 9.47 Å². The number of hydrogen-bond acceptors (Lipinski definition) is 8. The molecular formula is C28H41N7O4. The molecule has 1 aliphatic heterocycles. The smallest absolute Gasteiger partial charge is 0.410 e. The fourth-order valence-corrected chi connectivity index (χ4v) is 5.61. The highest BCUT2D eigenvalue weighted by atomic mass is 16.6. The van der Waals surface area contributed by atoms with Crippen LogP contribution in [0.5, 0.6) is 0 Å². The first-order valence-electron chi connectivity index (χ1n) is 14.0. The third-order valence-electron chi connectivity index (χ3n) is 7.55. The number of carbonyl (C=O) groups excluding carboxylic acids is 1. The molecule has 2 N–H and O–H groups in total. The van der Waals surface area contributed by atoms with Crippen molar-refractivity contribution in [2.75, 3.05) is 32.1 Å². The van der Waals surface area contributed by atoms with Crippen molar-refractivity contribution in [3.63, 3.8) is 0 Å². The van der Waals surface area contributed by atoms with Gasteiger partial charge in [0.25, 0.3) is 0 Å². The van der Waals surface area contributed by atoms with E-state index in [0.717, 1.165) is 54.4 Å². The number of aliphatic hydroxyl groups is 1. The Morgan fingerprint density at radius 1 is 1.21 bits per heavy atom. The quantitative estimate of drug-likeness (QED) is 0.458. The molecular weight excluding hydrogens is 498 g/mol. The Labute approximate surface area is 229 Å². The molecule has 3 aromatic rings. The number of carbonyl (C=O) groups is 1. The molecule has 1 saturated heterocycles. The molecule has 11 nitrogen and oxygen atoms in total. The predicted molar refractivity (Wildman–Crippen MR) is 148 cm³/mol. The summed E-state index contributed by atoms with van der Waals surface area (Å²) in [7, 11) is 1.68. The summed E-state index contributed by atoms with van der Waals surface area (Å²) in [5.41, 5.74) is 3.55. The minimum Gasteiger partial charge on any atom is -0.444 e. The van der Waals surface area contributed by atoms with Crippen LogP contribution < -0.4 is 5.32 Å². The van der Waals surface area contributed by atoms with Crippen molar-refractivity contribution in [2.24, 2.45) is 0 Å². The molecule has 0 radical (unpaired) electrons. The van der Waals surface area contributed by atoms with Gasteiger partial charge in [0.1, 0.15) is 5.60 Å². The van der Waals surface area contributed by atoms with Crippen LogP contribution in [0.3, 0.4) is 0 Å². The maximum atomic E-state index is 12.5. The summed E-state index contributed by atoms with van der Waals surface area (Å²) < 4.78 is 14.8. The van der Waals surface area contributed by atoms with Gasteiger partial charge in [0.05, 0.1) is 36.7 Å². The summed E-state index contributed by atoms with van der Waals surface area (Å²) in [6, 6.07) is 2.37. The Hall–Kier alpha value is -3.18. The standard InChI is InChI=1S/C28H41N7O4/c1-18(17-38-5)31-26-29-14-25-23(12-24(35(25)32-26)19-6-8-22(36)9-7-19)20-13-30-34(15-20)21-10-11-33(16-21)27(37)39-28(2,3)4/h12-15,18-19,21-22,36H,6-11,16-17H2,1-5H3,(H,31,32)/t18-,19?,21+,22?/m0/s1. The van der Waals surface area contributed by atoms with E-state index in [4.69, 9.17) is 14.6 Å². The molecule has 2 atom stereocenters. The second-order valence-electron chi connectivity index (χ2n) is 11.9. The zero-order chi connectivity index (χ0) is 27.7. The average Bonchev–Trinajstić information content (AvgIpc) is 3.62. The Morgan fingerprint density at radius 2 is 1.97 bits per heavy atom. The van der Waals surface area contributed by atoms with Crippen LogP contribution in [0.4, 0.5) is 10.7 Å². The van der Waals surface area contributed by atoms with E-state index in [2.05, 4.69) is 27.7 Å². The van der Waals surface area contributed by atoms with Crippen molar-refractivity contribution >= 4 is 17.6 Å². The maximum absolute atomic E-state index is 12.5. The molecule has 39 heavy (non-hydrogen) atoms. The number of hydrogen-bond donors (Lipinski definition) is 2. The third-order valence-corrected chi connectivity index (χ3v) is 7.55. The van der Waals surface area contributed by atoms with Crippen molar-refractivity contribution in [2.45, 2.75) is 89.5 Å². The van der Waals surface area contributed by atoms with Gasteiger partial charge in [-0.25, -0.2) is 14.3 Å². The largest absolute Gasteiger partial charge is 0.444 e. The van der Waals surface area contributed by atoms with Crippen molar-refractivity contribution in [1.82, 2.24) is 29.3 Å². The number of rotatable bonds is 7. The number of anilines is 1. The van der Waals surface area contributed by atoms with E-state index >= 15 is 0 Å². The summed E-state index contributed by atoms with van der Waals surface area (Å²) in [4.78, 5) is 18.9. The fraction of sp³-hybridized carbons (Fsp3) is 0.643. The van der Waals surface area contributed by atoms with Gasteiger partial charge in [0, 0.05) is 55.2 Å². The van der Waals surface area contributed by atoms with Gasteiger partial charge in [-0.15, -0.1) is 5.10 Å². The number of methoxy groups -OCH3 is 1. The van der Waals surface area contributed by atoms with E-state index in [9.17, 15) is 9.90 Å². The van der Waals surface area contributed by atoms with Crippen LogP contribution in [0, 0.1) is 0 Å². The van der Waals surface area contributed by atoms with Crippen LogP contribution in [0.2, 0.25) is 0 Å². The maximum Gasteiger partial charge on any atom is 0.410 e. The van der Waals surface area contributed by atoms with Crippen molar-refractivity contribution in [1.29, 1.82) is 0 Å². The highest BCUT2D eigenvalue weighted by Gasteiger charge is 2.32. The van der Waals surface area contributed by atoms with E-state index in [1.807, 2.05) is 49.3 Å². The van der Waals surface area contributed by atoms with Crippen LogP contribution in [0.25, 0.3) is 16.6 Å². The van der Waals surface area contributed by atoms with Gasteiger partial charge in [0.2, 0.25) is 5.95 Å². The molecule has 1 saturated carbocycles. The zero-order valence-electron chi connectivity index (χ0n) is 23.6. The first kappa shape index (κ1) is 27.4. The van der Waals surface area contributed by atoms with Crippen molar-refractivity contribution in [3.8, 4) is 11.1 Å². The molecule has 1 amide bonds. The number of aliphatic hydroxyl groups excluding tert-OH is 1. The number of ether oxygens (including phenoxy) is 2. The Kier molecular flexibility index (Phi) is 7.82. The van der Waals surface area contributed by atoms with Gasteiger partial charge in [-0.3, -0.25) is 4.68 Å². The van der Waals surface area contributed by atoms with Crippen LogP contribution in [0.1, 0.15) is 77.5 Å². The average molecular weight is 540 g/mol. The number of aromatic nitrogens is 5. The minimum absolute atomic E-state index is 0.0700. The monoisotopic (exact) mass is 539 g/mol. The highest BCUT2D eigenvalue weighted by molar-refractivity contribution is 5.81. The van der Waals surface area contributed by atoms with Gasteiger partial charge < -0.3 is 24.8 Å². The van der Waals surface area contributed by atoms with E-state index in [1.165, 1.54) is 0 Å². The highest BCUT2D eigenvalue weighted by Crippen LogP contribution is 2.38. The predicted octanol–water partition coefficient (Wildman–Crippen LogP) is 4.24. The van der Waals surface area contributed by atoms with Gasteiger partial charge >= 0.3 is 6.09 Å². The SMILES string of the molecule is COC[C@H](C)Nc1ncc2c(-c3cnn([C@@H]4CCN(C(=O)OC(C)(C)C)C4)c3)cc(C3CCC(O)CC3)n2n1. The number of likely N-dealkylation sites (tertiary alicyclic amines) is 1. The number of fused-ring (bicyclic) bond motifs is 1. The lowest BCUT2D eigenvalue weighted by Crippen LogP contribution is -2.35. The molecule has 3 aromatic heterocycles. The van der Waals surface area contributed by atoms with Crippen LogP contribution >= 0.6 is 0 Å². The molecule has 11 heteroatoms. The number of nitrogens with zero attached hydrogens (tertiary/aromatic N) is 6. The molecule has 2 fully saturated rings. The first-order valence-corrected chi connectivity index (χ1v) is 14.0.